The normalized spacial score (nSPS) is 15.2. The Bertz CT molecular complexity index is 1010. The molecule has 1 amide bonds. The van der Waals surface area contributed by atoms with Crippen LogP contribution in [0, 0.1) is 0 Å². The number of nitrogens with zero attached hydrogens (tertiary/aromatic N) is 1. The van der Waals surface area contributed by atoms with Gasteiger partial charge in [-0.2, -0.15) is 4.31 Å². The molecule has 174 valence electrons. The summed E-state index contributed by atoms with van der Waals surface area (Å²) in [6.45, 7) is 0.781. The van der Waals surface area contributed by atoms with Crippen LogP contribution in [0.25, 0.3) is 0 Å². The van der Waals surface area contributed by atoms with E-state index in [4.69, 9.17) is 14.2 Å². The summed E-state index contributed by atoms with van der Waals surface area (Å²) < 4.78 is 43.0. The number of carbonyl (C=O) groups is 1. The van der Waals surface area contributed by atoms with E-state index in [1.165, 1.54) is 42.8 Å². The number of nitrogens with one attached hydrogen (secondary N) is 1. The monoisotopic (exact) mass is 464 g/mol. The zero-order valence-electron chi connectivity index (χ0n) is 18.1. The third kappa shape index (κ3) is 5.50. The van der Waals surface area contributed by atoms with Gasteiger partial charge < -0.3 is 24.6 Å². The molecular weight excluding hydrogens is 436 g/mol. The Kier molecular flexibility index (Phi) is 7.94. The van der Waals surface area contributed by atoms with Crippen LogP contribution < -0.4 is 19.5 Å². The van der Waals surface area contributed by atoms with Crippen LogP contribution in [-0.2, 0) is 10.0 Å². The van der Waals surface area contributed by atoms with Gasteiger partial charge in [-0.1, -0.05) is 12.1 Å². The topological polar surface area (TPSA) is 114 Å². The van der Waals surface area contributed by atoms with Crippen molar-refractivity contribution >= 4 is 15.9 Å². The predicted octanol–water partition coefficient (Wildman–Crippen LogP) is 1.66. The van der Waals surface area contributed by atoms with Gasteiger partial charge in [0, 0.05) is 25.2 Å². The third-order valence-electron chi connectivity index (χ3n) is 5.10. The Hall–Kier alpha value is -2.82. The minimum Gasteiger partial charge on any atom is -0.493 e. The van der Waals surface area contributed by atoms with E-state index in [0.717, 1.165) is 12.8 Å². The summed E-state index contributed by atoms with van der Waals surface area (Å²) in [6.07, 6.45) is 0.658. The van der Waals surface area contributed by atoms with Crippen molar-refractivity contribution in [1.82, 2.24) is 9.62 Å². The maximum atomic E-state index is 12.7. The molecule has 0 aliphatic carbocycles. The number of hydrogen-bond donors (Lipinski definition) is 2. The minimum atomic E-state index is -3.62. The van der Waals surface area contributed by atoms with Crippen molar-refractivity contribution in [2.24, 2.45) is 0 Å². The zero-order valence-corrected chi connectivity index (χ0v) is 18.9. The van der Waals surface area contributed by atoms with E-state index < -0.39 is 22.0 Å². The number of methoxy groups -OCH3 is 2. The number of hydrogen-bond acceptors (Lipinski definition) is 7. The number of aliphatic hydroxyl groups excluding tert-OH is 1. The smallest absolute Gasteiger partial charge is 0.251 e. The predicted molar refractivity (Wildman–Crippen MR) is 118 cm³/mol. The Labute approximate surface area is 187 Å². The van der Waals surface area contributed by atoms with Crippen LogP contribution in [0.3, 0.4) is 0 Å². The molecule has 0 saturated carbocycles. The van der Waals surface area contributed by atoms with E-state index in [2.05, 4.69) is 5.32 Å². The largest absolute Gasteiger partial charge is 0.493 e. The molecule has 1 fully saturated rings. The molecule has 9 nitrogen and oxygen atoms in total. The molecule has 1 aliphatic heterocycles. The van der Waals surface area contributed by atoms with Crippen molar-refractivity contribution in [2.75, 3.05) is 40.5 Å². The zero-order chi connectivity index (χ0) is 23.1. The Balaban J connectivity index is 1.58. The number of sulfonamides is 1. The first-order valence-electron chi connectivity index (χ1n) is 10.3. The van der Waals surface area contributed by atoms with E-state index in [0.29, 0.717) is 30.3 Å². The number of para-hydroxylation sites is 1. The fourth-order valence-corrected chi connectivity index (χ4v) is 4.95. The lowest BCUT2D eigenvalue weighted by atomic mass is 10.2. The second kappa shape index (κ2) is 10.7. The first-order valence-corrected chi connectivity index (χ1v) is 11.7. The highest BCUT2D eigenvalue weighted by molar-refractivity contribution is 7.89. The molecule has 1 atom stereocenters. The molecule has 1 unspecified atom stereocenters. The summed E-state index contributed by atoms with van der Waals surface area (Å²) in [6, 6.07) is 11.1. The number of aliphatic hydroxyl groups is 1. The van der Waals surface area contributed by atoms with Crippen molar-refractivity contribution < 1.29 is 32.5 Å². The average Bonchev–Trinajstić information content (AvgIpc) is 3.37. The van der Waals surface area contributed by atoms with Crippen LogP contribution in [0.1, 0.15) is 23.2 Å². The van der Waals surface area contributed by atoms with Gasteiger partial charge >= 0.3 is 0 Å². The van der Waals surface area contributed by atoms with Gasteiger partial charge in [0.05, 0.1) is 19.1 Å². The second-order valence-electron chi connectivity index (χ2n) is 7.31. The maximum Gasteiger partial charge on any atom is 0.251 e. The highest BCUT2D eigenvalue weighted by atomic mass is 32.2. The van der Waals surface area contributed by atoms with Crippen molar-refractivity contribution in [3.05, 3.63) is 48.0 Å². The average molecular weight is 465 g/mol. The number of rotatable bonds is 10. The van der Waals surface area contributed by atoms with Crippen molar-refractivity contribution in [3.8, 4) is 17.2 Å². The van der Waals surface area contributed by atoms with Crippen LogP contribution >= 0.6 is 0 Å². The molecule has 1 aliphatic rings. The highest BCUT2D eigenvalue weighted by Crippen LogP contribution is 2.36. The molecular formula is C22H28N2O7S. The molecule has 1 heterocycles. The molecule has 32 heavy (non-hydrogen) atoms. The molecule has 0 bridgehead atoms. The summed E-state index contributed by atoms with van der Waals surface area (Å²) in [4.78, 5) is 12.6. The van der Waals surface area contributed by atoms with Crippen molar-refractivity contribution in [2.45, 2.75) is 23.8 Å². The Morgan fingerprint density at radius 1 is 1.09 bits per heavy atom. The maximum absolute atomic E-state index is 12.7. The van der Waals surface area contributed by atoms with Crippen molar-refractivity contribution in [3.63, 3.8) is 0 Å². The van der Waals surface area contributed by atoms with Gasteiger partial charge in [-0.3, -0.25) is 4.79 Å². The molecule has 0 spiro atoms. The lowest BCUT2D eigenvalue weighted by Crippen LogP contribution is -2.35. The Morgan fingerprint density at radius 3 is 2.34 bits per heavy atom. The number of amides is 1. The molecule has 2 aromatic carbocycles. The Morgan fingerprint density at radius 2 is 1.72 bits per heavy atom. The van der Waals surface area contributed by atoms with Crippen molar-refractivity contribution in [1.29, 1.82) is 0 Å². The minimum absolute atomic E-state index is 0.0826. The highest BCUT2D eigenvalue weighted by Gasteiger charge is 2.27. The lowest BCUT2D eigenvalue weighted by molar-refractivity contribution is 0.0833. The van der Waals surface area contributed by atoms with Gasteiger partial charge in [0.15, 0.2) is 11.5 Å². The molecule has 1 saturated heterocycles. The summed E-state index contributed by atoms with van der Waals surface area (Å²) in [5.41, 5.74) is 0.199. The van der Waals surface area contributed by atoms with Gasteiger partial charge in [0.25, 0.3) is 5.91 Å². The molecule has 0 aromatic heterocycles. The van der Waals surface area contributed by atoms with E-state index >= 15 is 0 Å². The quantitative estimate of drug-likeness (QED) is 0.550. The van der Waals surface area contributed by atoms with Gasteiger partial charge in [-0.25, -0.2) is 8.42 Å². The first kappa shape index (κ1) is 23.8. The molecule has 10 heteroatoms. The van der Waals surface area contributed by atoms with Crippen LogP contribution in [0.2, 0.25) is 0 Å². The van der Waals surface area contributed by atoms with Crippen LogP contribution in [-0.4, -0.2) is 70.3 Å². The number of benzene rings is 2. The summed E-state index contributed by atoms with van der Waals surface area (Å²) >= 11 is 0. The van der Waals surface area contributed by atoms with Gasteiger partial charge in [-0.05, 0) is 43.2 Å². The third-order valence-corrected chi connectivity index (χ3v) is 6.99. The number of ether oxygens (including phenoxy) is 3. The van der Waals surface area contributed by atoms with Gasteiger partial charge in [0.2, 0.25) is 15.8 Å². The lowest BCUT2D eigenvalue weighted by Gasteiger charge is -2.17. The number of carbonyl (C=O) groups excluding carboxylic acids is 1. The molecule has 2 aromatic rings. The van der Waals surface area contributed by atoms with Crippen LogP contribution in [0.4, 0.5) is 0 Å². The summed E-state index contributed by atoms with van der Waals surface area (Å²) in [7, 11) is -0.626. The van der Waals surface area contributed by atoms with Gasteiger partial charge in [-0.15, -0.1) is 0 Å². The fraction of sp³-hybridized carbons (Fsp3) is 0.409. The fourth-order valence-electron chi connectivity index (χ4n) is 3.39. The standard InChI is InChI=1S/C22H28N2O7S/c1-29-19-9-6-10-20(30-2)21(19)31-15-17(25)14-23-22(26)16-7-5-8-18(13-16)32(27,28)24-11-3-4-12-24/h5-10,13,17,25H,3-4,11-12,14-15H2,1-2H3,(H,23,26). The van der Waals surface area contributed by atoms with E-state index in [9.17, 15) is 18.3 Å². The van der Waals surface area contributed by atoms with E-state index in [1.54, 1.807) is 18.2 Å². The SMILES string of the molecule is COc1cccc(OC)c1OCC(O)CNC(=O)c1cccc(S(=O)(=O)N2CCCC2)c1. The molecule has 2 N–H and O–H groups in total. The first-order chi connectivity index (χ1) is 15.4. The van der Waals surface area contributed by atoms with Gasteiger partial charge in [0.1, 0.15) is 12.7 Å². The molecule has 0 radical (unpaired) electrons. The second-order valence-corrected chi connectivity index (χ2v) is 9.24. The van der Waals surface area contributed by atoms with Crippen LogP contribution in [0.15, 0.2) is 47.4 Å². The van der Waals surface area contributed by atoms with E-state index in [-0.39, 0.29) is 23.6 Å². The summed E-state index contributed by atoms with van der Waals surface area (Å²) in [5, 5.41) is 12.8. The molecule has 3 rings (SSSR count). The summed E-state index contributed by atoms with van der Waals surface area (Å²) in [5.74, 6) is 0.772. The van der Waals surface area contributed by atoms with Crippen LogP contribution in [0.5, 0.6) is 17.2 Å². The van der Waals surface area contributed by atoms with E-state index in [1.807, 2.05) is 0 Å².